The van der Waals surface area contributed by atoms with E-state index in [1.54, 1.807) is 37.3 Å². The fourth-order valence-corrected chi connectivity index (χ4v) is 2.29. The summed E-state index contributed by atoms with van der Waals surface area (Å²) >= 11 is 0. The first-order chi connectivity index (χ1) is 13.3. The lowest BCUT2D eigenvalue weighted by molar-refractivity contribution is -0.124. The van der Waals surface area contributed by atoms with E-state index in [-0.39, 0.29) is 12.3 Å². The Morgan fingerprint density at radius 2 is 1.61 bits per heavy atom. The number of halogens is 3. The Kier molecular flexibility index (Phi) is 7.14. The molecule has 0 aliphatic carbocycles. The van der Waals surface area contributed by atoms with E-state index in [0.29, 0.717) is 11.6 Å². The fraction of sp³-hybridized carbons (Fsp3) is 0.211. The molecule has 1 atom stereocenters. The molecule has 0 bridgehead atoms. The molecular formula is C19H18F3N3O3. The van der Waals surface area contributed by atoms with E-state index < -0.39 is 47.5 Å². The van der Waals surface area contributed by atoms with Gasteiger partial charge in [0.15, 0.2) is 17.5 Å². The van der Waals surface area contributed by atoms with Gasteiger partial charge in [0.05, 0.1) is 12.2 Å². The van der Waals surface area contributed by atoms with E-state index in [1.807, 2.05) is 5.32 Å². The van der Waals surface area contributed by atoms with Crippen molar-refractivity contribution in [1.29, 1.82) is 0 Å². The summed E-state index contributed by atoms with van der Waals surface area (Å²) in [6.45, 7) is 1.12. The molecule has 0 saturated carbocycles. The van der Waals surface area contributed by atoms with Crippen LogP contribution in [0.25, 0.3) is 0 Å². The van der Waals surface area contributed by atoms with Gasteiger partial charge in [-0.25, -0.2) is 13.2 Å². The Labute approximate surface area is 159 Å². The SMILES string of the molecule is CC(CC(=O)NCC(=O)Nc1ccc(F)c(F)c1F)NC(=O)c1ccccc1. The van der Waals surface area contributed by atoms with Crippen LogP contribution in [0.1, 0.15) is 23.7 Å². The molecule has 2 aromatic carbocycles. The number of carbonyl (C=O) groups excluding carboxylic acids is 3. The van der Waals surface area contributed by atoms with Gasteiger partial charge in [-0.05, 0) is 31.2 Å². The molecule has 2 aromatic rings. The number of amides is 3. The Bertz CT molecular complexity index is 875. The minimum absolute atomic E-state index is 0.0919. The zero-order valence-corrected chi connectivity index (χ0v) is 14.9. The van der Waals surface area contributed by atoms with Gasteiger partial charge < -0.3 is 16.0 Å². The van der Waals surface area contributed by atoms with Crippen LogP contribution in [-0.4, -0.2) is 30.3 Å². The highest BCUT2D eigenvalue weighted by molar-refractivity contribution is 5.95. The minimum atomic E-state index is -1.70. The summed E-state index contributed by atoms with van der Waals surface area (Å²) in [6, 6.07) is 9.48. The van der Waals surface area contributed by atoms with E-state index >= 15 is 0 Å². The Morgan fingerprint density at radius 1 is 0.929 bits per heavy atom. The van der Waals surface area contributed by atoms with E-state index in [1.165, 1.54) is 0 Å². The van der Waals surface area contributed by atoms with Crippen molar-refractivity contribution in [2.45, 2.75) is 19.4 Å². The van der Waals surface area contributed by atoms with Gasteiger partial charge >= 0.3 is 0 Å². The van der Waals surface area contributed by atoms with Crippen molar-refractivity contribution in [3.63, 3.8) is 0 Å². The molecule has 0 heterocycles. The maximum atomic E-state index is 13.5. The summed E-state index contributed by atoms with van der Waals surface area (Å²) in [7, 11) is 0. The number of nitrogens with one attached hydrogen (secondary N) is 3. The smallest absolute Gasteiger partial charge is 0.251 e. The quantitative estimate of drug-likeness (QED) is 0.631. The maximum Gasteiger partial charge on any atom is 0.251 e. The van der Waals surface area contributed by atoms with Crippen molar-refractivity contribution in [3.05, 3.63) is 65.5 Å². The molecule has 0 fully saturated rings. The van der Waals surface area contributed by atoms with Crippen LogP contribution in [-0.2, 0) is 9.59 Å². The highest BCUT2D eigenvalue weighted by Crippen LogP contribution is 2.19. The molecular weight excluding hydrogens is 375 g/mol. The van der Waals surface area contributed by atoms with Crippen molar-refractivity contribution >= 4 is 23.4 Å². The van der Waals surface area contributed by atoms with E-state index in [9.17, 15) is 27.6 Å². The molecule has 6 nitrogen and oxygen atoms in total. The summed E-state index contributed by atoms with van der Waals surface area (Å²) in [6.07, 6.45) is -0.0919. The van der Waals surface area contributed by atoms with Crippen molar-refractivity contribution in [2.75, 3.05) is 11.9 Å². The monoisotopic (exact) mass is 393 g/mol. The summed E-state index contributed by atoms with van der Waals surface area (Å²) in [5.74, 6) is -6.30. The van der Waals surface area contributed by atoms with Gasteiger partial charge in [-0.3, -0.25) is 14.4 Å². The van der Waals surface area contributed by atoms with Crippen LogP contribution in [0, 0.1) is 17.5 Å². The van der Waals surface area contributed by atoms with Gasteiger partial charge in [-0.1, -0.05) is 18.2 Å². The van der Waals surface area contributed by atoms with E-state index in [2.05, 4.69) is 10.6 Å². The molecule has 3 N–H and O–H groups in total. The van der Waals surface area contributed by atoms with E-state index in [0.717, 1.165) is 6.07 Å². The summed E-state index contributed by atoms with van der Waals surface area (Å²) in [5, 5.41) is 6.98. The normalized spacial score (nSPS) is 11.4. The first kappa shape index (κ1) is 20.9. The first-order valence-electron chi connectivity index (χ1n) is 8.34. The highest BCUT2D eigenvalue weighted by atomic mass is 19.2. The van der Waals surface area contributed by atoms with Crippen LogP contribution >= 0.6 is 0 Å². The van der Waals surface area contributed by atoms with Gasteiger partial charge in [0.25, 0.3) is 5.91 Å². The second-order valence-electron chi connectivity index (χ2n) is 5.99. The third kappa shape index (κ3) is 5.83. The molecule has 0 aliphatic rings. The summed E-state index contributed by atoms with van der Waals surface area (Å²) < 4.78 is 39.5. The molecule has 3 amide bonds. The van der Waals surface area contributed by atoms with Crippen molar-refractivity contribution in [1.82, 2.24) is 10.6 Å². The second-order valence-corrected chi connectivity index (χ2v) is 5.99. The second kappa shape index (κ2) is 9.54. The number of carbonyl (C=O) groups is 3. The molecule has 0 aliphatic heterocycles. The molecule has 1 unspecified atom stereocenters. The largest absolute Gasteiger partial charge is 0.349 e. The maximum absolute atomic E-state index is 13.5. The third-order valence-corrected chi connectivity index (χ3v) is 3.66. The van der Waals surface area contributed by atoms with Crippen LogP contribution in [0.15, 0.2) is 42.5 Å². The molecule has 9 heteroatoms. The number of benzene rings is 2. The van der Waals surface area contributed by atoms with Crippen molar-refractivity contribution in [3.8, 4) is 0 Å². The molecule has 2 rings (SSSR count). The van der Waals surface area contributed by atoms with Crippen LogP contribution in [0.2, 0.25) is 0 Å². The van der Waals surface area contributed by atoms with Gasteiger partial charge in [-0.2, -0.15) is 0 Å². The lowest BCUT2D eigenvalue weighted by Crippen LogP contribution is -2.39. The first-order valence-corrected chi connectivity index (χ1v) is 8.34. The summed E-state index contributed by atoms with van der Waals surface area (Å²) in [4.78, 5) is 35.6. The third-order valence-electron chi connectivity index (χ3n) is 3.66. The van der Waals surface area contributed by atoms with Crippen LogP contribution in [0.4, 0.5) is 18.9 Å². The fourth-order valence-electron chi connectivity index (χ4n) is 2.29. The lowest BCUT2D eigenvalue weighted by Gasteiger charge is -2.14. The number of rotatable bonds is 7. The predicted molar refractivity (Wildman–Crippen MR) is 95.9 cm³/mol. The van der Waals surface area contributed by atoms with Crippen LogP contribution in [0.3, 0.4) is 0 Å². The molecule has 28 heavy (non-hydrogen) atoms. The Hall–Kier alpha value is -3.36. The van der Waals surface area contributed by atoms with Crippen molar-refractivity contribution < 1.29 is 27.6 Å². The predicted octanol–water partition coefficient (Wildman–Crippen LogP) is 2.37. The standard InChI is InChI=1S/C19H18F3N3O3/c1-11(24-19(28)12-5-3-2-4-6-12)9-15(26)23-10-16(27)25-14-8-7-13(20)17(21)18(14)22/h2-8,11H,9-10H2,1H3,(H,23,26)(H,24,28)(H,25,27). The molecule has 0 spiro atoms. The van der Waals surface area contributed by atoms with E-state index in [4.69, 9.17) is 0 Å². The Balaban J connectivity index is 1.78. The highest BCUT2D eigenvalue weighted by Gasteiger charge is 2.17. The minimum Gasteiger partial charge on any atom is -0.349 e. The van der Waals surface area contributed by atoms with Gasteiger partial charge in [0.2, 0.25) is 11.8 Å². The molecule has 0 saturated heterocycles. The lowest BCUT2D eigenvalue weighted by atomic mass is 10.1. The Morgan fingerprint density at radius 3 is 2.29 bits per heavy atom. The zero-order chi connectivity index (χ0) is 20.7. The van der Waals surface area contributed by atoms with Gasteiger partial charge in [0.1, 0.15) is 0 Å². The number of anilines is 1. The molecule has 148 valence electrons. The van der Waals surface area contributed by atoms with Gasteiger partial charge in [0, 0.05) is 18.0 Å². The zero-order valence-electron chi connectivity index (χ0n) is 14.9. The van der Waals surface area contributed by atoms with Crippen LogP contribution in [0.5, 0.6) is 0 Å². The molecule has 0 radical (unpaired) electrons. The number of hydrogen-bond acceptors (Lipinski definition) is 3. The molecule has 0 aromatic heterocycles. The van der Waals surface area contributed by atoms with Crippen molar-refractivity contribution in [2.24, 2.45) is 0 Å². The topological polar surface area (TPSA) is 87.3 Å². The number of hydrogen-bond donors (Lipinski definition) is 3. The average Bonchev–Trinajstić information content (AvgIpc) is 2.67. The van der Waals surface area contributed by atoms with Crippen LogP contribution < -0.4 is 16.0 Å². The van der Waals surface area contributed by atoms with Gasteiger partial charge in [-0.15, -0.1) is 0 Å². The average molecular weight is 393 g/mol. The summed E-state index contributed by atoms with van der Waals surface area (Å²) in [5.41, 5.74) is -0.0932.